The molecule has 1 aromatic carbocycles. The Kier molecular flexibility index (Phi) is 5.67. The molecule has 0 saturated heterocycles. The van der Waals surface area contributed by atoms with E-state index < -0.39 is 4.32 Å². The van der Waals surface area contributed by atoms with Crippen molar-refractivity contribution in [2.75, 3.05) is 11.4 Å². The average molecular weight is 406 g/mol. The summed E-state index contributed by atoms with van der Waals surface area (Å²) in [6.45, 7) is 4.47. The fourth-order valence-electron chi connectivity index (χ4n) is 4.08. The van der Waals surface area contributed by atoms with Crippen LogP contribution in [-0.4, -0.2) is 22.6 Å². The highest BCUT2D eigenvalue weighted by atomic mass is 79.9. The first-order chi connectivity index (χ1) is 11.9. The zero-order chi connectivity index (χ0) is 18.0. The number of fused-ring (bicyclic) bond motifs is 1. The number of carbonyl (C=O) groups is 2. The predicted octanol–water partition coefficient (Wildman–Crippen LogP) is 5.29. The molecule has 0 radical (unpaired) electrons. The molecule has 0 atom stereocenters. The van der Waals surface area contributed by atoms with Crippen molar-refractivity contribution in [3.05, 3.63) is 29.3 Å². The summed E-state index contributed by atoms with van der Waals surface area (Å²) in [4.78, 5) is 27.0. The van der Waals surface area contributed by atoms with Gasteiger partial charge in [0.15, 0.2) is 5.78 Å². The highest BCUT2D eigenvalue weighted by Gasteiger charge is 2.29. The molecule has 0 bridgehead atoms. The molecule has 0 aromatic heterocycles. The summed E-state index contributed by atoms with van der Waals surface area (Å²) < 4.78 is -0.560. The van der Waals surface area contributed by atoms with Gasteiger partial charge < -0.3 is 4.90 Å². The Hall–Kier alpha value is -1.16. The molecule has 25 heavy (non-hydrogen) atoms. The first-order valence-electron chi connectivity index (χ1n) is 9.53. The van der Waals surface area contributed by atoms with Crippen LogP contribution in [0.5, 0.6) is 0 Å². The van der Waals surface area contributed by atoms with Gasteiger partial charge in [-0.1, -0.05) is 48.0 Å². The summed E-state index contributed by atoms with van der Waals surface area (Å²) in [6, 6.07) is 5.78. The van der Waals surface area contributed by atoms with Crippen molar-refractivity contribution in [2.24, 2.45) is 5.92 Å². The third kappa shape index (κ3) is 4.33. The van der Waals surface area contributed by atoms with E-state index in [1.54, 1.807) is 0 Å². The van der Waals surface area contributed by atoms with Gasteiger partial charge in [0.25, 0.3) is 0 Å². The highest BCUT2D eigenvalue weighted by Crippen LogP contribution is 2.33. The molecule has 1 saturated carbocycles. The number of anilines is 1. The highest BCUT2D eigenvalue weighted by molar-refractivity contribution is 9.10. The third-order valence-corrected chi connectivity index (χ3v) is 5.93. The normalized spacial score (nSPS) is 18.3. The van der Waals surface area contributed by atoms with Crippen LogP contribution in [0.4, 0.5) is 5.69 Å². The summed E-state index contributed by atoms with van der Waals surface area (Å²) >= 11 is 3.44. The van der Waals surface area contributed by atoms with E-state index in [1.165, 1.54) is 32.1 Å². The Labute approximate surface area is 159 Å². The van der Waals surface area contributed by atoms with Crippen LogP contribution >= 0.6 is 15.9 Å². The number of ketones is 1. The molecule has 1 heterocycles. The number of halogens is 1. The van der Waals surface area contributed by atoms with Crippen LogP contribution in [0.2, 0.25) is 0 Å². The molecule has 4 heteroatoms. The molecule has 1 aromatic rings. The van der Waals surface area contributed by atoms with Gasteiger partial charge in [0.05, 0.1) is 4.32 Å². The Morgan fingerprint density at radius 3 is 2.60 bits per heavy atom. The van der Waals surface area contributed by atoms with Crippen molar-refractivity contribution in [3.63, 3.8) is 0 Å². The molecule has 1 fully saturated rings. The standard InChI is InChI=1S/C21H28BrNO2/c1-21(2,22)20(25)17-9-10-18-16(14-17)12-13-23(18)19(24)11-8-15-6-4-3-5-7-15/h9-10,14-15H,3-8,11-13H2,1-2H3. The smallest absolute Gasteiger partial charge is 0.227 e. The van der Waals surface area contributed by atoms with Gasteiger partial charge in [0.2, 0.25) is 5.91 Å². The molecule has 136 valence electrons. The van der Waals surface area contributed by atoms with Gasteiger partial charge >= 0.3 is 0 Å². The van der Waals surface area contributed by atoms with Crippen LogP contribution in [0.15, 0.2) is 18.2 Å². The molecular formula is C21H28BrNO2. The Morgan fingerprint density at radius 2 is 1.92 bits per heavy atom. The number of alkyl halides is 1. The van der Waals surface area contributed by atoms with Crippen molar-refractivity contribution in [2.45, 2.75) is 69.5 Å². The summed E-state index contributed by atoms with van der Waals surface area (Å²) in [5.41, 5.74) is 2.84. The van der Waals surface area contributed by atoms with Gasteiger partial charge in [-0.3, -0.25) is 9.59 Å². The van der Waals surface area contributed by atoms with Crippen LogP contribution < -0.4 is 4.90 Å². The lowest BCUT2D eigenvalue weighted by atomic mass is 9.86. The van der Waals surface area contributed by atoms with E-state index in [1.807, 2.05) is 36.9 Å². The van der Waals surface area contributed by atoms with Crippen molar-refractivity contribution in [1.29, 1.82) is 0 Å². The minimum absolute atomic E-state index is 0.0809. The van der Waals surface area contributed by atoms with Crippen LogP contribution in [0, 0.1) is 5.92 Å². The van der Waals surface area contributed by atoms with Gasteiger partial charge in [0, 0.05) is 24.2 Å². The van der Waals surface area contributed by atoms with Crippen molar-refractivity contribution in [3.8, 4) is 0 Å². The predicted molar refractivity (Wildman–Crippen MR) is 106 cm³/mol. The van der Waals surface area contributed by atoms with Gasteiger partial charge in [-0.25, -0.2) is 0 Å². The lowest BCUT2D eigenvalue weighted by Gasteiger charge is -2.23. The monoisotopic (exact) mass is 405 g/mol. The van der Waals surface area contributed by atoms with Gasteiger partial charge in [-0.05, 0) is 56.4 Å². The zero-order valence-electron chi connectivity index (χ0n) is 15.3. The van der Waals surface area contributed by atoms with Crippen LogP contribution in [-0.2, 0) is 11.2 Å². The number of benzene rings is 1. The first-order valence-corrected chi connectivity index (χ1v) is 10.3. The quantitative estimate of drug-likeness (QED) is 0.492. The summed E-state index contributed by atoms with van der Waals surface area (Å²) in [5.74, 6) is 1.06. The maximum atomic E-state index is 12.7. The number of hydrogen-bond acceptors (Lipinski definition) is 2. The summed E-state index contributed by atoms with van der Waals surface area (Å²) in [5, 5.41) is 0. The number of Topliss-reactive ketones (excluding diaryl/α,β-unsaturated/α-hetero) is 1. The summed E-state index contributed by atoms with van der Waals surface area (Å²) in [7, 11) is 0. The lowest BCUT2D eigenvalue weighted by molar-refractivity contribution is -0.118. The molecule has 1 amide bonds. The average Bonchev–Trinajstić information content (AvgIpc) is 3.02. The minimum Gasteiger partial charge on any atom is -0.312 e. The van der Waals surface area contributed by atoms with E-state index in [2.05, 4.69) is 15.9 Å². The SMILES string of the molecule is CC(C)(Br)C(=O)c1ccc2c(c1)CCN2C(=O)CCC1CCCCC1. The maximum Gasteiger partial charge on any atom is 0.227 e. The largest absolute Gasteiger partial charge is 0.312 e. The van der Waals surface area contributed by atoms with Gasteiger partial charge in [-0.2, -0.15) is 0 Å². The fourth-order valence-corrected chi connectivity index (χ4v) is 4.31. The molecule has 2 aliphatic rings. The molecular weight excluding hydrogens is 378 g/mol. The van der Waals surface area contributed by atoms with Crippen molar-refractivity contribution >= 4 is 33.3 Å². The Balaban J connectivity index is 1.65. The van der Waals surface area contributed by atoms with E-state index in [-0.39, 0.29) is 11.7 Å². The molecule has 0 unspecified atom stereocenters. The van der Waals surface area contributed by atoms with Gasteiger partial charge in [0.1, 0.15) is 0 Å². The van der Waals surface area contributed by atoms with Crippen LogP contribution in [0.1, 0.15) is 74.7 Å². The Bertz CT molecular complexity index is 656. The van der Waals surface area contributed by atoms with Crippen molar-refractivity contribution in [1.82, 2.24) is 0 Å². The van der Waals surface area contributed by atoms with E-state index in [4.69, 9.17) is 0 Å². The van der Waals surface area contributed by atoms with Crippen LogP contribution in [0.3, 0.4) is 0 Å². The molecule has 0 N–H and O–H groups in total. The molecule has 3 nitrogen and oxygen atoms in total. The second-order valence-corrected chi connectivity index (χ2v) is 9.97. The zero-order valence-corrected chi connectivity index (χ0v) is 16.9. The number of rotatable bonds is 5. The number of hydrogen-bond donors (Lipinski definition) is 0. The lowest BCUT2D eigenvalue weighted by Crippen LogP contribution is -2.29. The van der Waals surface area contributed by atoms with E-state index in [0.29, 0.717) is 6.42 Å². The Morgan fingerprint density at radius 1 is 1.20 bits per heavy atom. The van der Waals surface area contributed by atoms with Gasteiger partial charge in [-0.15, -0.1) is 0 Å². The van der Waals surface area contributed by atoms with E-state index in [0.717, 1.165) is 42.1 Å². The van der Waals surface area contributed by atoms with Crippen LogP contribution in [0.25, 0.3) is 0 Å². The second kappa shape index (κ2) is 7.61. The molecule has 1 aliphatic heterocycles. The second-order valence-electron chi connectivity index (χ2n) is 7.98. The molecule has 3 rings (SSSR count). The number of carbonyl (C=O) groups excluding carboxylic acids is 2. The maximum absolute atomic E-state index is 12.7. The van der Waals surface area contributed by atoms with E-state index >= 15 is 0 Å². The van der Waals surface area contributed by atoms with Crippen molar-refractivity contribution < 1.29 is 9.59 Å². The molecule has 1 aliphatic carbocycles. The minimum atomic E-state index is -0.560. The van der Waals surface area contributed by atoms with E-state index in [9.17, 15) is 9.59 Å². The molecule has 0 spiro atoms. The first kappa shape index (κ1) is 18.6. The number of amides is 1. The number of nitrogens with zero attached hydrogens (tertiary/aromatic N) is 1. The third-order valence-electron chi connectivity index (χ3n) is 5.57. The fraction of sp³-hybridized carbons (Fsp3) is 0.619. The summed E-state index contributed by atoms with van der Waals surface area (Å²) in [6.07, 6.45) is 9.11. The topological polar surface area (TPSA) is 37.4 Å².